The van der Waals surface area contributed by atoms with Crippen molar-refractivity contribution in [1.29, 1.82) is 0 Å². The Bertz CT molecular complexity index is 1090. The van der Waals surface area contributed by atoms with Crippen LogP contribution in [0.4, 0.5) is 0 Å². The van der Waals surface area contributed by atoms with Crippen molar-refractivity contribution < 1.29 is 14.3 Å². The summed E-state index contributed by atoms with van der Waals surface area (Å²) in [6, 6.07) is 7.55. The van der Waals surface area contributed by atoms with Crippen molar-refractivity contribution in [3.05, 3.63) is 41.5 Å². The molecule has 3 fully saturated rings. The number of hydrogen-bond donors (Lipinski definition) is 0. The summed E-state index contributed by atoms with van der Waals surface area (Å²) in [5.74, 6) is 5.76. The highest BCUT2D eigenvalue weighted by atomic mass is 16.5. The Morgan fingerprint density at radius 1 is 0.907 bits per heavy atom. The van der Waals surface area contributed by atoms with Gasteiger partial charge in [-0.3, -0.25) is 0 Å². The fraction of sp³-hybridized carbons (Fsp3) is 0.775. The molecule has 0 saturated heterocycles. The molecule has 3 saturated carbocycles. The number of carbonyl (C=O) groups excluding carboxylic acids is 1. The minimum Gasteiger partial charge on any atom is -0.494 e. The van der Waals surface area contributed by atoms with Crippen LogP contribution in [0.15, 0.2) is 35.9 Å². The van der Waals surface area contributed by atoms with Crippen molar-refractivity contribution in [2.45, 2.75) is 144 Å². The van der Waals surface area contributed by atoms with Gasteiger partial charge in [-0.15, -0.1) is 0 Å². The lowest BCUT2D eigenvalue weighted by atomic mass is 9.47. The highest BCUT2D eigenvalue weighted by molar-refractivity contribution is 5.89. The van der Waals surface area contributed by atoms with Gasteiger partial charge in [-0.2, -0.15) is 0 Å². The Balaban J connectivity index is 1.16. The highest BCUT2D eigenvalue weighted by Crippen LogP contribution is 2.67. The van der Waals surface area contributed by atoms with E-state index in [0.29, 0.717) is 11.0 Å². The summed E-state index contributed by atoms with van der Waals surface area (Å²) in [7, 11) is 0. The monoisotopic (exact) mass is 590 g/mol. The molecule has 0 unspecified atom stereocenters. The largest absolute Gasteiger partial charge is 0.494 e. The number of benzene rings is 1. The Hall–Kier alpha value is -1.77. The first kappa shape index (κ1) is 32.6. The second-order valence-corrected chi connectivity index (χ2v) is 16.0. The molecule has 1 aromatic rings. The number of carbonyl (C=O) groups is 1. The second kappa shape index (κ2) is 14.1. The lowest BCUT2D eigenvalue weighted by Crippen LogP contribution is -2.51. The summed E-state index contributed by atoms with van der Waals surface area (Å²) in [6.45, 7) is 15.5. The fourth-order valence-corrected chi connectivity index (χ4v) is 10.4. The standard InChI is InChI=1S/C40H62O3/c1-7-8-9-10-26-42-32-17-14-30(15-18-32)38(41)43-33-22-24-39(5)31(27-33)16-19-34-36-21-20-35(29(4)13-11-12-28(2)3)40(36,6)25-23-37(34)39/h14-18,28-29,33-37H,7-13,19-27H2,1-6H3/t29-,33+,34+,35-,36+,37+,39+,40-/m1/s1. The molecule has 1 aromatic carbocycles. The molecule has 4 aliphatic rings. The van der Waals surface area contributed by atoms with Gasteiger partial charge in [0.05, 0.1) is 12.2 Å². The molecule has 4 aliphatic carbocycles. The van der Waals surface area contributed by atoms with E-state index in [0.717, 1.165) is 73.5 Å². The van der Waals surface area contributed by atoms with E-state index in [-0.39, 0.29) is 17.5 Å². The molecule has 5 rings (SSSR count). The zero-order chi connectivity index (χ0) is 30.6. The van der Waals surface area contributed by atoms with E-state index in [1.807, 2.05) is 24.3 Å². The molecule has 240 valence electrons. The van der Waals surface area contributed by atoms with E-state index < -0.39 is 0 Å². The molecule has 3 nitrogen and oxygen atoms in total. The van der Waals surface area contributed by atoms with Crippen LogP contribution >= 0.6 is 0 Å². The van der Waals surface area contributed by atoms with E-state index in [2.05, 4.69) is 47.6 Å². The Labute approximate surface area is 264 Å². The van der Waals surface area contributed by atoms with Gasteiger partial charge in [0, 0.05) is 6.42 Å². The third-order valence-corrected chi connectivity index (χ3v) is 12.9. The van der Waals surface area contributed by atoms with E-state index in [1.54, 1.807) is 5.57 Å². The van der Waals surface area contributed by atoms with Gasteiger partial charge < -0.3 is 9.47 Å². The smallest absolute Gasteiger partial charge is 0.338 e. The van der Waals surface area contributed by atoms with E-state index in [1.165, 1.54) is 70.6 Å². The van der Waals surface area contributed by atoms with Crippen LogP contribution < -0.4 is 4.74 Å². The van der Waals surface area contributed by atoms with Gasteiger partial charge in [0.15, 0.2) is 0 Å². The van der Waals surface area contributed by atoms with Crippen LogP contribution in [0.1, 0.15) is 148 Å². The van der Waals surface area contributed by atoms with Crippen LogP contribution in [-0.4, -0.2) is 18.7 Å². The molecular weight excluding hydrogens is 528 g/mol. The summed E-state index contributed by atoms with van der Waals surface area (Å²) >= 11 is 0. The molecule has 8 atom stereocenters. The Kier molecular flexibility index (Phi) is 10.7. The van der Waals surface area contributed by atoms with Crippen LogP contribution in [0.3, 0.4) is 0 Å². The summed E-state index contributed by atoms with van der Waals surface area (Å²) in [5.41, 5.74) is 3.03. The molecule has 0 radical (unpaired) electrons. The maximum absolute atomic E-state index is 13.1. The Morgan fingerprint density at radius 3 is 2.44 bits per heavy atom. The first-order chi connectivity index (χ1) is 20.7. The van der Waals surface area contributed by atoms with Crippen molar-refractivity contribution in [1.82, 2.24) is 0 Å². The normalized spacial score (nSPS) is 34.1. The van der Waals surface area contributed by atoms with Crippen molar-refractivity contribution in [3.63, 3.8) is 0 Å². The van der Waals surface area contributed by atoms with Crippen molar-refractivity contribution in [2.75, 3.05) is 6.61 Å². The summed E-state index contributed by atoms with van der Waals surface area (Å²) in [5, 5.41) is 0. The first-order valence-electron chi connectivity index (χ1n) is 18.3. The number of fused-ring (bicyclic) bond motifs is 5. The molecule has 0 N–H and O–H groups in total. The summed E-state index contributed by atoms with van der Waals surface area (Å²) in [6.07, 6.45) is 21.6. The minimum absolute atomic E-state index is 0.00530. The van der Waals surface area contributed by atoms with Gasteiger partial charge in [-0.1, -0.05) is 91.7 Å². The van der Waals surface area contributed by atoms with E-state index >= 15 is 0 Å². The van der Waals surface area contributed by atoms with Gasteiger partial charge in [-0.05, 0) is 122 Å². The van der Waals surface area contributed by atoms with Gasteiger partial charge in [0.1, 0.15) is 11.9 Å². The van der Waals surface area contributed by atoms with Crippen molar-refractivity contribution in [3.8, 4) is 5.75 Å². The molecule has 0 aromatic heterocycles. The molecular formula is C40H62O3. The lowest BCUT2D eigenvalue weighted by molar-refractivity contribution is -0.0594. The number of allylic oxidation sites excluding steroid dienone is 1. The van der Waals surface area contributed by atoms with Gasteiger partial charge in [0.2, 0.25) is 0 Å². The van der Waals surface area contributed by atoms with Gasteiger partial charge in [0.25, 0.3) is 0 Å². The predicted octanol–water partition coefficient (Wildman–Crippen LogP) is 11.2. The third-order valence-electron chi connectivity index (χ3n) is 12.9. The Morgan fingerprint density at radius 2 is 1.70 bits per heavy atom. The molecule has 0 heterocycles. The number of rotatable bonds is 13. The SMILES string of the molecule is CCCCCCOc1ccc(C(=O)O[C@H]2CC[C@@]3(C)C(=CC[C@H]4[C@@H]5CC[C@H]([C@H](C)CCCC(C)C)[C@@]5(C)CC[C@@H]43)C2)cc1. The first-order valence-corrected chi connectivity index (χ1v) is 18.3. The summed E-state index contributed by atoms with van der Waals surface area (Å²) < 4.78 is 12.0. The number of ether oxygens (including phenoxy) is 2. The quantitative estimate of drug-likeness (QED) is 0.130. The van der Waals surface area contributed by atoms with Crippen LogP contribution in [0.5, 0.6) is 5.75 Å². The van der Waals surface area contributed by atoms with Crippen LogP contribution in [-0.2, 0) is 4.74 Å². The van der Waals surface area contributed by atoms with Crippen LogP contribution in [0.2, 0.25) is 0 Å². The highest BCUT2D eigenvalue weighted by Gasteiger charge is 2.59. The molecule has 0 amide bonds. The number of unbranched alkanes of at least 4 members (excludes halogenated alkanes) is 3. The fourth-order valence-electron chi connectivity index (χ4n) is 10.4. The number of esters is 1. The average molecular weight is 591 g/mol. The van der Waals surface area contributed by atoms with Crippen LogP contribution in [0, 0.1) is 46.3 Å². The van der Waals surface area contributed by atoms with Gasteiger partial charge >= 0.3 is 5.97 Å². The maximum Gasteiger partial charge on any atom is 0.338 e. The molecule has 0 spiro atoms. The van der Waals surface area contributed by atoms with Crippen LogP contribution in [0.25, 0.3) is 0 Å². The van der Waals surface area contributed by atoms with Crippen molar-refractivity contribution in [2.24, 2.45) is 46.3 Å². The third kappa shape index (κ3) is 7.06. The second-order valence-electron chi connectivity index (χ2n) is 16.0. The summed E-state index contributed by atoms with van der Waals surface area (Å²) in [4.78, 5) is 13.1. The number of hydrogen-bond acceptors (Lipinski definition) is 3. The minimum atomic E-state index is -0.190. The molecule has 3 heteroatoms. The predicted molar refractivity (Wildman–Crippen MR) is 178 cm³/mol. The zero-order valence-electron chi connectivity index (χ0n) is 28.5. The maximum atomic E-state index is 13.1. The van der Waals surface area contributed by atoms with E-state index in [9.17, 15) is 4.79 Å². The average Bonchev–Trinajstić information content (AvgIpc) is 3.34. The lowest BCUT2D eigenvalue weighted by Gasteiger charge is -2.58. The topological polar surface area (TPSA) is 35.5 Å². The van der Waals surface area contributed by atoms with E-state index in [4.69, 9.17) is 9.47 Å². The molecule has 43 heavy (non-hydrogen) atoms. The molecule has 0 aliphatic heterocycles. The molecule has 0 bridgehead atoms. The van der Waals surface area contributed by atoms with Crippen molar-refractivity contribution >= 4 is 5.97 Å². The van der Waals surface area contributed by atoms with Gasteiger partial charge in [-0.25, -0.2) is 4.79 Å². The zero-order valence-corrected chi connectivity index (χ0v) is 28.5.